The third-order valence-electron chi connectivity index (χ3n) is 5.39. The topological polar surface area (TPSA) is 52.1 Å². The molecule has 0 unspecified atom stereocenters. The van der Waals surface area contributed by atoms with Crippen LogP contribution in [0.15, 0.2) is 118 Å². The van der Waals surface area contributed by atoms with Crippen LogP contribution in [0.2, 0.25) is 0 Å². The first-order chi connectivity index (χ1) is 15.9. The largest absolute Gasteiger partial charge is 0.436 e. The number of benzene rings is 4. The summed E-state index contributed by atoms with van der Waals surface area (Å²) in [6, 6.07) is 35.9. The summed E-state index contributed by atoms with van der Waals surface area (Å²) in [5, 5.41) is 0. The normalized spacial score (nSPS) is 11.1. The van der Waals surface area contributed by atoms with E-state index in [4.69, 9.17) is 18.8 Å². The Labute approximate surface area is 184 Å². The van der Waals surface area contributed by atoms with Gasteiger partial charge >= 0.3 is 0 Å². The zero-order valence-corrected chi connectivity index (χ0v) is 17.1. The Morgan fingerprint density at radius 1 is 0.438 bits per heavy atom. The van der Waals surface area contributed by atoms with Gasteiger partial charge in [0.25, 0.3) is 0 Å². The lowest BCUT2D eigenvalue weighted by molar-refractivity contribution is 0.557. The molecular formula is C28H18N2O2. The van der Waals surface area contributed by atoms with Crippen LogP contribution >= 0.6 is 0 Å². The SMILES string of the molecule is c1ccc(C(=C(c2nc3ccccc3o2)c2nc3ccccc3o2)c2ccccc2)cc1. The summed E-state index contributed by atoms with van der Waals surface area (Å²) < 4.78 is 12.5. The Balaban J connectivity index is 1.73. The molecule has 32 heavy (non-hydrogen) atoms. The molecule has 2 heterocycles. The summed E-state index contributed by atoms with van der Waals surface area (Å²) in [7, 11) is 0. The zero-order chi connectivity index (χ0) is 21.3. The molecule has 0 aliphatic carbocycles. The first-order valence-corrected chi connectivity index (χ1v) is 10.4. The van der Waals surface area contributed by atoms with E-state index in [0.29, 0.717) is 11.8 Å². The summed E-state index contributed by atoms with van der Waals surface area (Å²) in [5.74, 6) is 0.945. The van der Waals surface area contributed by atoms with Crippen LogP contribution in [0, 0.1) is 0 Å². The molecule has 6 rings (SSSR count). The molecule has 0 spiro atoms. The first kappa shape index (κ1) is 18.3. The quantitative estimate of drug-likeness (QED) is 0.312. The molecule has 0 saturated carbocycles. The molecule has 0 fully saturated rings. The molecule has 0 aliphatic heterocycles. The Kier molecular flexibility index (Phi) is 4.40. The van der Waals surface area contributed by atoms with Crippen molar-refractivity contribution in [3.05, 3.63) is 132 Å². The van der Waals surface area contributed by atoms with E-state index in [0.717, 1.165) is 44.5 Å². The molecule has 0 N–H and O–H groups in total. The summed E-state index contributed by atoms with van der Waals surface area (Å²) in [6.07, 6.45) is 0. The van der Waals surface area contributed by atoms with Crippen LogP contribution in [0.1, 0.15) is 22.9 Å². The number of rotatable bonds is 4. The summed E-state index contributed by atoms with van der Waals surface area (Å²) >= 11 is 0. The van der Waals surface area contributed by atoms with E-state index in [1.165, 1.54) is 0 Å². The third-order valence-corrected chi connectivity index (χ3v) is 5.39. The standard InChI is InChI=1S/C28H18N2O2/c1-3-11-19(12-4-1)25(20-13-5-2-6-14-20)26(27-29-21-15-7-9-17-23(21)31-27)28-30-22-16-8-10-18-24(22)32-28/h1-18H. The van der Waals surface area contributed by atoms with Crippen molar-refractivity contribution in [3.8, 4) is 0 Å². The highest BCUT2D eigenvalue weighted by Crippen LogP contribution is 2.38. The highest BCUT2D eigenvalue weighted by Gasteiger charge is 2.25. The van der Waals surface area contributed by atoms with Crippen molar-refractivity contribution in [3.63, 3.8) is 0 Å². The molecule has 4 nitrogen and oxygen atoms in total. The van der Waals surface area contributed by atoms with E-state index < -0.39 is 0 Å². The van der Waals surface area contributed by atoms with Crippen LogP contribution in [0.3, 0.4) is 0 Å². The van der Waals surface area contributed by atoms with Gasteiger partial charge in [0.15, 0.2) is 11.2 Å². The Morgan fingerprint density at radius 2 is 0.844 bits per heavy atom. The summed E-state index contributed by atoms with van der Waals surface area (Å²) in [4.78, 5) is 9.61. The molecule has 4 aromatic carbocycles. The predicted octanol–water partition coefficient (Wildman–Crippen LogP) is 6.98. The van der Waals surface area contributed by atoms with Crippen LogP contribution in [0.5, 0.6) is 0 Å². The van der Waals surface area contributed by atoms with Crippen LogP contribution < -0.4 is 0 Å². The average molecular weight is 414 g/mol. The number of aromatic nitrogens is 2. The molecule has 4 heteroatoms. The number of hydrogen-bond acceptors (Lipinski definition) is 4. The second-order valence-corrected chi connectivity index (χ2v) is 7.46. The van der Waals surface area contributed by atoms with E-state index in [-0.39, 0.29) is 0 Å². The van der Waals surface area contributed by atoms with Gasteiger partial charge in [-0.25, -0.2) is 9.97 Å². The van der Waals surface area contributed by atoms with Gasteiger partial charge in [-0.3, -0.25) is 0 Å². The molecular weight excluding hydrogens is 396 g/mol. The fourth-order valence-corrected chi connectivity index (χ4v) is 3.93. The maximum absolute atomic E-state index is 6.24. The second-order valence-electron chi connectivity index (χ2n) is 7.46. The molecule has 0 radical (unpaired) electrons. The minimum Gasteiger partial charge on any atom is -0.436 e. The predicted molar refractivity (Wildman–Crippen MR) is 126 cm³/mol. The number of nitrogens with zero attached hydrogens (tertiary/aromatic N) is 2. The average Bonchev–Trinajstić information content (AvgIpc) is 3.47. The van der Waals surface area contributed by atoms with Crippen molar-refractivity contribution in [1.29, 1.82) is 0 Å². The molecule has 0 aliphatic rings. The van der Waals surface area contributed by atoms with Crippen LogP contribution in [-0.2, 0) is 0 Å². The maximum atomic E-state index is 6.24. The van der Waals surface area contributed by atoms with Gasteiger partial charge in [-0.2, -0.15) is 0 Å². The van der Waals surface area contributed by atoms with Crippen molar-refractivity contribution < 1.29 is 8.83 Å². The van der Waals surface area contributed by atoms with Gasteiger partial charge in [0.05, 0.1) is 0 Å². The number of para-hydroxylation sites is 4. The van der Waals surface area contributed by atoms with Gasteiger partial charge in [0, 0.05) is 5.57 Å². The molecule has 0 bridgehead atoms. The van der Waals surface area contributed by atoms with Crippen LogP contribution in [-0.4, -0.2) is 9.97 Å². The van der Waals surface area contributed by atoms with Crippen LogP contribution in [0.4, 0.5) is 0 Å². The number of oxazole rings is 2. The van der Waals surface area contributed by atoms with Gasteiger partial charge in [-0.1, -0.05) is 84.9 Å². The van der Waals surface area contributed by atoms with E-state index in [1.807, 2.05) is 84.9 Å². The molecule has 2 aromatic heterocycles. The maximum Gasteiger partial charge on any atom is 0.233 e. The van der Waals surface area contributed by atoms with Gasteiger partial charge < -0.3 is 8.83 Å². The highest BCUT2D eigenvalue weighted by molar-refractivity contribution is 6.02. The van der Waals surface area contributed by atoms with Gasteiger partial charge in [0.2, 0.25) is 11.8 Å². The van der Waals surface area contributed by atoms with Crippen LogP contribution in [0.25, 0.3) is 33.3 Å². The lowest BCUT2D eigenvalue weighted by atomic mass is 9.92. The lowest BCUT2D eigenvalue weighted by Crippen LogP contribution is -1.98. The van der Waals surface area contributed by atoms with Crippen molar-refractivity contribution in [2.75, 3.05) is 0 Å². The molecule has 0 amide bonds. The fraction of sp³-hybridized carbons (Fsp3) is 0. The van der Waals surface area contributed by atoms with Gasteiger partial charge in [0.1, 0.15) is 16.6 Å². The van der Waals surface area contributed by atoms with Gasteiger partial charge in [-0.15, -0.1) is 0 Å². The van der Waals surface area contributed by atoms with Crippen molar-refractivity contribution in [2.45, 2.75) is 0 Å². The van der Waals surface area contributed by atoms with E-state index >= 15 is 0 Å². The Hall–Kier alpha value is -4.44. The van der Waals surface area contributed by atoms with Crippen molar-refractivity contribution in [1.82, 2.24) is 9.97 Å². The third kappa shape index (κ3) is 3.19. The zero-order valence-electron chi connectivity index (χ0n) is 17.1. The fourth-order valence-electron chi connectivity index (χ4n) is 3.93. The smallest absolute Gasteiger partial charge is 0.233 e. The molecule has 152 valence electrons. The van der Waals surface area contributed by atoms with Crippen molar-refractivity contribution >= 4 is 33.3 Å². The molecule has 6 aromatic rings. The monoisotopic (exact) mass is 414 g/mol. The molecule has 0 atom stereocenters. The summed E-state index contributed by atoms with van der Waals surface area (Å²) in [5.41, 5.74) is 6.73. The van der Waals surface area contributed by atoms with Gasteiger partial charge in [-0.05, 0) is 35.4 Å². The lowest BCUT2D eigenvalue weighted by Gasteiger charge is -2.12. The minimum absolute atomic E-state index is 0.473. The van der Waals surface area contributed by atoms with E-state index in [9.17, 15) is 0 Å². The van der Waals surface area contributed by atoms with E-state index in [1.54, 1.807) is 0 Å². The number of hydrogen-bond donors (Lipinski definition) is 0. The first-order valence-electron chi connectivity index (χ1n) is 10.4. The van der Waals surface area contributed by atoms with Crippen molar-refractivity contribution in [2.24, 2.45) is 0 Å². The highest BCUT2D eigenvalue weighted by atomic mass is 16.4. The Bertz CT molecular complexity index is 1380. The minimum atomic E-state index is 0.473. The number of fused-ring (bicyclic) bond motifs is 2. The Morgan fingerprint density at radius 3 is 1.28 bits per heavy atom. The second kappa shape index (κ2) is 7.67. The van der Waals surface area contributed by atoms with E-state index in [2.05, 4.69) is 24.3 Å². The summed E-state index contributed by atoms with van der Waals surface area (Å²) in [6.45, 7) is 0. The molecule has 0 saturated heterocycles.